The lowest BCUT2D eigenvalue weighted by Gasteiger charge is -2.59. The van der Waals surface area contributed by atoms with Gasteiger partial charge in [-0.15, -0.1) is 0 Å². The van der Waals surface area contributed by atoms with Crippen LogP contribution in [0.4, 0.5) is 52.7 Å². The van der Waals surface area contributed by atoms with Crippen LogP contribution in [0.15, 0.2) is 0 Å². The highest BCUT2D eigenvalue weighted by Gasteiger charge is 2.62. The summed E-state index contributed by atoms with van der Waals surface area (Å²) in [4.78, 5) is 138. The predicted molar refractivity (Wildman–Crippen MR) is 480 cm³/mol. The van der Waals surface area contributed by atoms with Crippen LogP contribution in [0.2, 0.25) is 0 Å². The minimum absolute atomic E-state index is 0. The number of hydrogen-bond acceptors (Lipinski definition) is 24. The lowest BCUT2D eigenvalue weighted by atomic mass is 9.50. The molecule has 0 aromatic rings. The van der Waals surface area contributed by atoms with Gasteiger partial charge in [-0.05, 0) is 399 Å². The van der Waals surface area contributed by atoms with Gasteiger partial charge in [-0.3, -0.25) is 9.59 Å². The molecule has 0 heterocycles. The van der Waals surface area contributed by atoms with Crippen LogP contribution in [0.25, 0.3) is 0 Å². The van der Waals surface area contributed by atoms with Crippen molar-refractivity contribution < 1.29 is 167 Å². The number of halogens is 12. The van der Waals surface area contributed by atoms with E-state index in [1.54, 1.807) is 0 Å². The lowest BCUT2D eigenvalue weighted by molar-refractivity contribution is -0.226. The highest BCUT2D eigenvalue weighted by molar-refractivity contribution is 5.84. The molecule has 796 valence electrons. The molecule has 0 N–H and O–H groups in total. The van der Waals surface area contributed by atoms with Crippen LogP contribution in [-0.2, 0) is 114 Å². The van der Waals surface area contributed by atoms with Crippen LogP contribution in [0.3, 0.4) is 0 Å². The molecule has 24 aliphatic carbocycles. The second kappa shape index (κ2) is 43.5. The SMILES string of the molecule is C.C.CC(C)(C(=O)OCC(=O)OCC12CC3CC(CC(C3)C1)C2)C(F)(F)F.CC(C)(C(=O)OCC(=O)OCC12CC3CC(CC(C3)C1)C2)C(F)(F)F.CC(C)(F)C(=O)OCC(=O)OCC12CC3CC(CC(C3)C1)C2.CC(C)(F)C(=O)OCC(=O)OCC12CC3CC(CC(C3)C1)C2.CC(F)(F)C(=O)OCC(=O)OC1(C)C2CC3CC(C2)CC1C3.CC(F)(F)C(=O)OCC(=O)OCC12CC3CC(CC(C3)C1)C2. The van der Waals surface area contributed by atoms with Crippen molar-refractivity contribution in [3.05, 3.63) is 0 Å². The van der Waals surface area contributed by atoms with Crippen LogP contribution in [0, 0.1) is 150 Å². The third-order valence-electron chi connectivity index (χ3n) is 34.7. The van der Waals surface area contributed by atoms with Crippen LogP contribution in [0.5, 0.6) is 0 Å². The molecule has 0 saturated heterocycles. The molecule has 24 saturated carbocycles. The number of esters is 12. The Morgan fingerprint density at radius 2 is 0.379 bits per heavy atom. The number of rotatable bonds is 29. The van der Waals surface area contributed by atoms with Gasteiger partial charge in [-0.2, -0.15) is 43.9 Å². The molecule has 24 fully saturated rings. The van der Waals surface area contributed by atoms with Gasteiger partial charge < -0.3 is 56.8 Å². The van der Waals surface area contributed by atoms with Crippen molar-refractivity contribution in [1.29, 1.82) is 0 Å². The van der Waals surface area contributed by atoms with E-state index in [1.807, 2.05) is 6.92 Å². The second-order valence-electron chi connectivity index (χ2n) is 48.8. The Morgan fingerprint density at radius 1 is 0.221 bits per heavy atom. The highest BCUT2D eigenvalue weighted by Crippen LogP contribution is 2.66. The molecule has 24 aliphatic rings. The van der Waals surface area contributed by atoms with Crippen molar-refractivity contribution in [3.63, 3.8) is 0 Å². The molecule has 24 nitrogen and oxygen atoms in total. The van der Waals surface area contributed by atoms with E-state index in [2.05, 4.69) is 28.4 Å². The first-order valence-corrected chi connectivity index (χ1v) is 50.3. The summed E-state index contributed by atoms with van der Waals surface area (Å²) in [5, 5.41) is 0. The molecule has 0 aromatic heterocycles. The van der Waals surface area contributed by atoms with E-state index in [0.717, 1.165) is 278 Å². The topological polar surface area (TPSA) is 316 Å². The van der Waals surface area contributed by atoms with Gasteiger partial charge >= 0.3 is 95.8 Å². The monoisotopic (exact) mass is 2010 g/mol. The maximum Gasteiger partial charge on any atom is 0.404 e. The van der Waals surface area contributed by atoms with Crippen LogP contribution < -0.4 is 0 Å². The van der Waals surface area contributed by atoms with Crippen molar-refractivity contribution in [3.8, 4) is 0 Å². The molecular formula is C104H152F12O24. The quantitative estimate of drug-likeness (QED) is 0.0381. The van der Waals surface area contributed by atoms with Gasteiger partial charge in [0.1, 0.15) is 5.60 Å². The third kappa shape index (κ3) is 28.4. The maximum absolute atomic E-state index is 13.3. The lowest BCUT2D eigenvalue weighted by Crippen LogP contribution is -2.58. The third-order valence-corrected chi connectivity index (χ3v) is 34.7. The first kappa shape index (κ1) is 113. The van der Waals surface area contributed by atoms with Crippen LogP contribution in [-0.4, -0.2) is 185 Å². The Balaban J connectivity index is 0.000000160. The second-order valence-corrected chi connectivity index (χ2v) is 48.8. The van der Waals surface area contributed by atoms with Crippen molar-refractivity contribution in [1.82, 2.24) is 0 Å². The minimum Gasteiger partial charge on any atom is -0.463 e. The van der Waals surface area contributed by atoms with Crippen LogP contribution >= 0.6 is 0 Å². The molecule has 0 unspecified atom stereocenters. The van der Waals surface area contributed by atoms with Gasteiger partial charge in [0, 0.05) is 40.9 Å². The molecule has 0 spiro atoms. The van der Waals surface area contributed by atoms with E-state index in [-0.39, 0.29) is 55.1 Å². The summed E-state index contributed by atoms with van der Waals surface area (Å²) in [6, 6.07) is 0. The van der Waals surface area contributed by atoms with Gasteiger partial charge in [-0.25, -0.2) is 56.7 Å². The van der Waals surface area contributed by atoms with Crippen molar-refractivity contribution in [2.45, 2.75) is 357 Å². The fraction of sp³-hybridized carbons (Fsp3) is 0.885. The van der Waals surface area contributed by atoms with Crippen molar-refractivity contribution >= 4 is 71.6 Å². The van der Waals surface area contributed by atoms with E-state index in [0.29, 0.717) is 45.5 Å². The minimum atomic E-state index is -4.73. The van der Waals surface area contributed by atoms with Gasteiger partial charge in [-0.1, -0.05) is 14.9 Å². The molecule has 0 amide bonds. The summed E-state index contributed by atoms with van der Waals surface area (Å²) in [7, 11) is 0. The van der Waals surface area contributed by atoms with E-state index in [4.69, 9.17) is 28.4 Å². The van der Waals surface area contributed by atoms with E-state index < -0.39 is 163 Å². The Labute approximate surface area is 815 Å². The average molecular weight is 2010 g/mol. The molecule has 36 heteroatoms. The van der Waals surface area contributed by atoms with Crippen LogP contribution in [0.1, 0.15) is 316 Å². The Bertz CT molecular complexity index is 3880. The van der Waals surface area contributed by atoms with Crippen molar-refractivity contribution in [2.24, 2.45) is 150 Å². The predicted octanol–water partition coefficient (Wildman–Crippen LogP) is 21.0. The molecule has 0 atom stereocenters. The zero-order chi connectivity index (χ0) is 101. The number of carbonyl (C=O) groups excluding carboxylic acids is 12. The van der Waals surface area contributed by atoms with Gasteiger partial charge in [0.2, 0.25) is 11.3 Å². The van der Waals surface area contributed by atoms with E-state index in [1.165, 1.54) is 103 Å². The normalized spacial score (nSPS) is 35.5. The summed E-state index contributed by atoms with van der Waals surface area (Å²) >= 11 is 0. The highest BCUT2D eigenvalue weighted by atomic mass is 19.4. The Hall–Kier alpha value is -7.20. The summed E-state index contributed by atoms with van der Waals surface area (Å²) in [5.74, 6) is -6.19. The summed E-state index contributed by atoms with van der Waals surface area (Å²) < 4.78 is 213. The maximum atomic E-state index is 13.3. The summed E-state index contributed by atoms with van der Waals surface area (Å²) in [6.07, 6.45) is 32.3. The Kier molecular flexibility index (Phi) is 35.1. The first-order valence-electron chi connectivity index (χ1n) is 50.3. The van der Waals surface area contributed by atoms with Gasteiger partial charge in [0.05, 0.1) is 33.0 Å². The van der Waals surface area contributed by atoms with E-state index >= 15 is 0 Å². The van der Waals surface area contributed by atoms with Gasteiger partial charge in [0.25, 0.3) is 0 Å². The van der Waals surface area contributed by atoms with Gasteiger partial charge in [0.15, 0.2) is 50.5 Å². The molecule has 24 rings (SSSR count). The zero-order valence-corrected chi connectivity index (χ0v) is 81.8. The standard InChI is InChI=1S/2C18H25F3O4.2C17H25FO4.2C16H22F2O4.2CH4/c2*1-16(2,18(19,20)21)15(23)24-9-14(22)25-10-17-6-11-3-12(7-17)5-13(4-11)8-17;2*1-16(2,18)15(20)21-9-14(19)22-10-17-6-11-3-12(7-17)5-13(4-11)8-17;1-15(17,18)14(20)21-8-13(19)22-9-16-5-10-2-11(6-16)4-12(3-10)7-16;1-15(22-13(19)8-21-14(20)16(2,17)18)11-4-9-3-10(6-11)7-12(15)5-9;;/h2*11-13H,3-10H2,1-2H3;2*11-13H,3-10H2,1-2H3;10-12H,2-9H2,1H3;9-12H,3-8H2,1-2H3;2*1H4. The Morgan fingerprint density at radius 3 is 0.543 bits per heavy atom. The van der Waals surface area contributed by atoms with E-state index in [9.17, 15) is 110 Å². The summed E-state index contributed by atoms with van der Waals surface area (Å²) in [5.41, 5.74) is -9.57. The first-order chi connectivity index (χ1) is 64.0. The number of hydrogen-bond donors (Lipinski definition) is 0. The number of carbonyl (C=O) groups is 12. The number of ether oxygens (including phenoxy) is 12. The molecule has 0 aliphatic heterocycles. The van der Waals surface area contributed by atoms with Crippen molar-refractivity contribution in [2.75, 3.05) is 72.7 Å². The molecule has 24 bridgehead atoms. The fourth-order valence-corrected chi connectivity index (χ4v) is 30.2. The number of alkyl halides is 12. The average Bonchev–Trinajstić information content (AvgIpc) is 0.726. The molecular weight excluding hydrogens is 1860 g/mol. The molecule has 140 heavy (non-hydrogen) atoms. The fourth-order valence-electron chi connectivity index (χ4n) is 30.2. The molecule has 0 radical (unpaired) electrons. The zero-order valence-electron chi connectivity index (χ0n) is 81.8. The smallest absolute Gasteiger partial charge is 0.404 e. The largest absolute Gasteiger partial charge is 0.463 e. The molecule has 0 aromatic carbocycles. The summed E-state index contributed by atoms with van der Waals surface area (Å²) in [6.45, 7) is 7.91.